The van der Waals surface area contributed by atoms with E-state index in [0.717, 1.165) is 24.3 Å². The van der Waals surface area contributed by atoms with Gasteiger partial charge < -0.3 is 5.73 Å². The maximum atomic E-state index is 15.7. The Morgan fingerprint density at radius 1 is 0.929 bits per heavy atom. The van der Waals surface area contributed by atoms with Gasteiger partial charge in [0.2, 0.25) is 0 Å². The molecule has 3 aromatic carbocycles. The van der Waals surface area contributed by atoms with Crippen LogP contribution in [0.2, 0.25) is 0 Å². The molecule has 11 heteroatoms. The molecule has 3 nitrogen and oxygen atoms in total. The van der Waals surface area contributed by atoms with Gasteiger partial charge in [-0.2, -0.15) is 13.2 Å². The number of nitrogens with zero attached hydrogens (tertiary/aromatic N) is 1. The van der Waals surface area contributed by atoms with E-state index in [1.807, 2.05) is 0 Å². The molecule has 0 bridgehead atoms. The first-order valence-corrected chi connectivity index (χ1v) is 13.9. The fourth-order valence-electron chi connectivity index (χ4n) is 5.46. The molecule has 0 spiro atoms. The van der Waals surface area contributed by atoms with Crippen molar-refractivity contribution in [3.8, 4) is 11.1 Å². The first-order valence-electron chi connectivity index (χ1n) is 12.9. The third-order valence-corrected chi connectivity index (χ3v) is 8.80. The van der Waals surface area contributed by atoms with Crippen molar-refractivity contribution in [1.29, 1.82) is 0 Å². The zero-order chi connectivity index (χ0) is 30.6. The number of hydrogen-bond donors (Lipinski definition) is 1. The molecule has 220 valence electrons. The molecule has 0 amide bonds. The zero-order valence-electron chi connectivity index (χ0n) is 22.4. The molecule has 2 N–H and O–H groups in total. The third-order valence-electron chi connectivity index (χ3n) is 7.58. The van der Waals surface area contributed by atoms with Crippen molar-refractivity contribution in [3.63, 3.8) is 0 Å². The average molecular weight is 607 g/mol. The van der Waals surface area contributed by atoms with Gasteiger partial charge in [-0.1, -0.05) is 54.6 Å². The molecule has 0 aliphatic carbocycles. The molecule has 4 aromatic rings. The fraction of sp³-hybridized carbons (Fsp3) is 0.258. The van der Waals surface area contributed by atoms with Gasteiger partial charge in [-0.25, -0.2) is 17.6 Å². The Hall–Kier alpha value is -3.57. The van der Waals surface area contributed by atoms with Crippen molar-refractivity contribution in [2.45, 2.75) is 49.5 Å². The molecule has 0 saturated heterocycles. The molecule has 2 heterocycles. The lowest BCUT2D eigenvalue weighted by Crippen LogP contribution is -2.33. The van der Waals surface area contributed by atoms with Gasteiger partial charge in [-0.3, -0.25) is 9.36 Å². The number of nitrogens with two attached hydrogens (primary N) is 1. The molecule has 1 aliphatic heterocycles. The highest BCUT2D eigenvalue weighted by Gasteiger charge is 2.38. The van der Waals surface area contributed by atoms with Crippen LogP contribution in [0.15, 0.2) is 76.6 Å². The SMILES string of the molecule is Cc1c(Cc2c(F)cccc2C(F)(F)F)c2n(c(=O)c1-c1cccc(C(C)(F)F)c1F)[C@H](C(N)c1ccccc1)CS2. The summed E-state index contributed by atoms with van der Waals surface area (Å²) < 4.78 is 102. The molecule has 1 aliphatic rings. The van der Waals surface area contributed by atoms with Gasteiger partial charge in [0.05, 0.1) is 33.8 Å². The van der Waals surface area contributed by atoms with Crippen LogP contribution in [-0.2, 0) is 18.5 Å². The number of benzene rings is 3. The molecule has 0 fully saturated rings. The molecule has 2 atom stereocenters. The summed E-state index contributed by atoms with van der Waals surface area (Å²) >= 11 is 1.17. The molecular weight excluding hydrogens is 581 g/mol. The van der Waals surface area contributed by atoms with Crippen molar-refractivity contribution in [2.24, 2.45) is 5.73 Å². The molecule has 1 unspecified atom stereocenters. The summed E-state index contributed by atoms with van der Waals surface area (Å²) in [6.07, 6.45) is -5.46. The van der Waals surface area contributed by atoms with E-state index in [2.05, 4.69) is 0 Å². The highest BCUT2D eigenvalue weighted by molar-refractivity contribution is 7.99. The number of thioether (sulfide) groups is 1. The van der Waals surface area contributed by atoms with Crippen LogP contribution >= 0.6 is 11.8 Å². The first-order chi connectivity index (χ1) is 19.7. The lowest BCUT2D eigenvalue weighted by molar-refractivity contribution is -0.138. The van der Waals surface area contributed by atoms with Crippen LogP contribution in [0.25, 0.3) is 11.1 Å². The van der Waals surface area contributed by atoms with Gasteiger partial charge in [-0.05, 0) is 35.7 Å². The predicted molar refractivity (Wildman–Crippen MR) is 148 cm³/mol. The van der Waals surface area contributed by atoms with Crippen molar-refractivity contribution < 1.29 is 30.7 Å². The smallest absolute Gasteiger partial charge is 0.322 e. The molecule has 42 heavy (non-hydrogen) atoms. The van der Waals surface area contributed by atoms with E-state index in [0.29, 0.717) is 12.5 Å². The molecule has 0 radical (unpaired) electrons. The van der Waals surface area contributed by atoms with Crippen molar-refractivity contribution >= 4 is 11.8 Å². The molecule has 0 saturated carbocycles. The second kappa shape index (κ2) is 10.9. The van der Waals surface area contributed by atoms with Crippen LogP contribution in [0, 0.1) is 18.6 Å². The summed E-state index contributed by atoms with van der Waals surface area (Å²) in [5.74, 6) is -5.75. The summed E-state index contributed by atoms with van der Waals surface area (Å²) in [7, 11) is 0. The second-order valence-electron chi connectivity index (χ2n) is 10.3. The minimum atomic E-state index is -4.87. The van der Waals surface area contributed by atoms with Crippen LogP contribution in [0.5, 0.6) is 0 Å². The van der Waals surface area contributed by atoms with Gasteiger partial charge in [0.15, 0.2) is 0 Å². The van der Waals surface area contributed by atoms with Crippen LogP contribution in [0.3, 0.4) is 0 Å². The van der Waals surface area contributed by atoms with E-state index in [1.54, 1.807) is 30.3 Å². The minimum absolute atomic E-state index is 0.0690. The maximum absolute atomic E-state index is 15.7. The number of halogens is 7. The Bertz CT molecular complexity index is 1710. The van der Waals surface area contributed by atoms with Crippen LogP contribution in [-0.4, -0.2) is 10.3 Å². The molecule has 5 rings (SSSR count). The Labute approximate surface area is 241 Å². The number of hydrogen-bond acceptors (Lipinski definition) is 3. The highest BCUT2D eigenvalue weighted by atomic mass is 32.2. The van der Waals surface area contributed by atoms with Crippen LogP contribution in [0.1, 0.15) is 52.4 Å². The van der Waals surface area contributed by atoms with Crippen LogP contribution in [0.4, 0.5) is 30.7 Å². The van der Waals surface area contributed by atoms with Gasteiger partial charge >= 0.3 is 6.18 Å². The zero-order valence-corrected chi connectivity index (χ0v) is 23.2. The number of rotatable bonds is 6. The van der Waals surface area contributed by atoms with Gasteiger partial charge in [-0.15, -0.1) is 11.8 Å². The van der Waals surface area contributed by atoms with Gasteiger partial charge in [0.1, 0.15) is 11.6 Å². The van der Waals surface area contributed by atoms with Gasteiger partial charge in [0, 0.05) is 30.2 Å². The largest absolute Gasteiger partial charge is 0.416 e. The summed E-state index contributed by atoms with van der Waals surface area (Å²) in [5, 5.41) is 0.270. The first kappa shape index (κ1) is 29.9. The predicted octanol–water partition coefficient (Wildman–Crippen LogP) is 8.17. The lowest BCUT2D eigenvalue weighted by Gasteiger charge is -2.25. The highest BCUT2D eigenvalue weighted by Crippen LogP contribution is 2.45. The average Bonchev–Trinajstić information content (AvgIpc) is 3.37. The summed E-state index contributed by atoms with van der Waals surface area (Å²) in [6.45, 7) is 1.92. The quantitative estimate of drug-likeness (QED) is 0.225. The van der Waals surface area contributed by atoms with Gasteiger partial charge in [0.25, 0.3) is 11.5 Å². The number of alkyl halides is 5. The van der Waals surface area contributed by atoms with E-state index in [-0.39, 0.29) is 27.5 Å². The Kier molecular flexibility index (Phi) is 7.78. The summed E-state index contributed by atoms with van der Waals surface area (Å²) in [4.78, 5) is 14.1. The number of fused-ring (bicyclic) bond motifs is 1. The topological polar surface area (TPSA) is 48.0 Å². The van der Waals surface area contributed by atoms with Crippen molar-refractivity contribution in [2.75, 3.05) is 5.75 Å². The normalized spacial score (nSPS) is 16.0. The molecule has 1 aromatic heterocycles. The van der Waals surface area contributed by atoms with Crippen molar-refractivity contribution in [3.05, 3.63) is 122 Å². The maximum Gasteiger partial charge on any atom is 0.416 e. The Morgan fingerprint density at radius 2 is 1.57 bits per heavy atom. The van der Waals surface area contributed by atoms with E-state index < -0.39 is 70.1 Å². The Balaban J connectivity index is 1.80. The van der Waals surface area contributed by atoms with Crippen LogP contribution < -0.4 is 11.3 Å². The summed E-state index contributed by atoms with van der Waals surface area (Å²) in [5.41, 5.74) is 3.25. The Morgan fingerprint density at radius 3 is 2.21 bits per heavy atom. The second-order valence-corrected chi connectivity index (χ2v) is 11.3. The standard InChI is InChI=1S/C31H25F7N2OS/c1-16-19(14-20-21(31(36,37)38)11-7-13-23(20)32)29-40(24(15-42-29)27(39)17-8-4-3-5-9-17)28(41)25(16)18-10-6-12-22(26(18)33)30(2,34)35/h3-13,24,27H,14-15,39H2,1-2H3/t24-,27?/m0/s1. The van der Waals surface area contributed by atoms with E-state index in [9.17, 15) is 31.1 Å². The fourth-order valence-corrected chi connectivity index (χ4v) is 6.90. The monoisotopic (exact) mass is 606 g/mol. The lowest BCUT2D eigenvalue weighted by atomic mass is 9.91. The van der Waals surface area contributed by atoms with Crippen molar-refractivity contribution in [1.82, 2.24) is 4.57 Å². The molecular formula is C31H25F7N2OS. The number of pyridine rings is 1. The van der Waals surface area contributed by atoms with E-state index >= 15 is 4.39 Å². The van der Waals surface area contributed by atoms with E-state index in [4.69, 9.17) is 5.73 Å². The third kappa shape index (κ3) is 5.24. The minimum Gasteiger partial charge on any atom is -0.322 e. The van der Waals surface area contributed by atoms with E-state index in [1.165, 1.54) is 35.4 Å². The number of aromatic nitrogens is 1. The summed E-state index contributed by atoms with van der Waals surface area (Å²) in [6, 6.07) is 13.2.